The third-order valence-electron chi connectivity index (χ3n) is 7.81. The molecule has 51 heavy (non-hydrogen) atoms. The van der Waals surface area contributed by atoms with E-state index in [9.17, 15) is 19.0 Å². The minimum absolute atomic E-state index is 0.0228. The van der Waals surface area contributed by atoms with E-state index in [-0.39, 0.29) is 32.0 Å². The van der Waals surface area contributed by atoms with Gasteiger partial charge in [-0.05, 0) is 57.8 Å². The first-order valence-electron chi connectivity index (χ1n) is 19.5. The van der Waals surface area contributed by atoms with E-state index >= 15 is 0 Å². The van der Waals surface area contributed by atoms with E-state index in [1.54, 1.807) is 0 Å². The van der Waals surface area contributed by atoms with E-state index in [1.165, 1.54) is 32.1 Å². The Morgan fingerprint density at radius 3 is 1.67 bits per heavy atom. The van der Waals surface area contributed by atoms with Crippen LogP contribution in [0, 0.1) is 0 Å². The SMILES string of the molecule is CC/C=C/C/C=C/C/C=C/C/C=C/C/C=C/CCCCCC(=O)O[C@H](COC(=O)CCCCCCCCCC)COP(=O)(O)OCC[N+](C)(C)C. The summed E-state index contributed by atoms with van der Waals surface area (Å²) in [5.74, 6) is -0.847. The predicted molar refractivity (Wildman–Crippen MR) is 210 cm³/mol. The number of carbonyl (C=O) groups is 2. The lowest BCUT2D eigenvalue weighted by atomic mass is 10.1. The average Bonchev–Trinajstić information content (AvgIpc) is 3.07. The summed E-state index contributed by atoms with van der Waals surface area (Å²) in [4.78, 5) is 35.1. The number of unbranched alkanes of at least 4 members (excludes halogenated alkanes) is 10. The molecule has 294 valence electrons. The van der Waals surface area contributed by atoms with Crippen LogP contribution < -0.4 is 0 Å². The first-order valence-corrected chi connectivity index (χ1v) is 21.0. The van der Waals surface area contributed by atoms with Crippen molar-refractivity contribution in [3.63, 3.8) is 0 Å². The summed E-state index contributed by atoms with van der Waals surface area (Å²) < 4.78 is 34.1. The van der Waals surface area contributed by atoms with Gasteiger partial charge in [-0.1, -0.05) is 126 Å². The molecule has 1 unspecified atom stereocenters. The van der Waals surface area contributed by atoms with Crippen molar-refractivity contribution in [2.75, 3.05) is 47.5 Å². The quantitative estimate of drug-likeness (QED) is 0.0229. The van der Waals surface area contributed by atoms with Crippen LogP contribution in [-0.2, 0) is 32.7 Å². The van der Waals surface area contributed by atoms with Gasteiger partial charge in [0, 0.05) is 12.8 Å². The largest absolute Gasteiger partial charge is 0.472 e. The molecule has 2 atom stereocenters. The summed E-state index contributed by atoms with van der Waals surface area (Å²) in [7, 11) is 1.44. The highest BCUT2D eigenvalue weighted by atomic mass is 31.2. The number of carbonyl (C=O) groups excluding carboxylic acids is 2. The average molecular weight is 739 g/mol. The molecule has 0 fully saturated rings. The molecule has 0 aromatic heterocycles. The van der Waals surface area contributed by atoms with E-state index < -0.39 is 26.5 Å². The van der Waals surface area contributed by atoms with Crippen LogP contribution >= 0.6 is 7.82 Å². The van der Waals surface area contributed by atoms with Crippen LogP contribution in [0.3, 0.4) is 0 Å². The molecule has 10 heteroatoms. The standard InChI is InChI=1S/C41H72NO8P/c1-6-8-10-12-14-16-17-18-19-20-21-22-23-24-25-26-28-30-32-34-41(44)50-39(38-49-51(45,46)48-36-35-42(3,4)5)37-47-40(43)33-31-29-27-15-13-11-9-7-2/h8,10,14,16,18-19,21-22,24-25,39H,6-7,9,11-13,15,17,20,23,26-38H2,1-5H3/p+1/b10-8+,16-14+,19-18+,22-21+,25-24+/t39-/m1/s1. The molecule has 1 N–H and O–H groups in total. The van der Waals surface area contributed by atoms with Crippen molar-refractivity contribution >= 4 is 19.8 Å². The van der Waals surface area contributed by atoms with Gasteiger partial charge in [0.2, 0.25) is 0 Å². The van der Waals surface area contributed by atoms with Gasteiger partial charge >= 0.3 is 19.8 Å². The number of rotatable bonds is 34. The van der Waals surface area contributed by atoms with E-state index in [1.807, 2.05) is 21.1 Å². The molecular formula is C41H73NO8P+. The molecule has 0 rings (SSSR count). The molecule has 0 saturated carbocycles. The van der Waals surface area contributed by atoms with Crippen molar-refractivity contribution < 1.29 is 42.1 Å². The zero-order chi connectivity index (χ0) is 37.9. The second kappa shape index (κ2) is 33.5. The summed E-state index contributed by atoms with van der Waals surface area (Å²) in [6, 6.07) is 0. The lowest BCUT2D eigenvalue weighted by Crippen LogP contribution is -2.37. The molecule has 0 aliphatic heterocycles. The highest BCUT2D eigenvalue weighted by Crippen LogP contribution is 2.43. The van der Waals surface area contributed by atoms with Crippen molar-refractivity contribution in [1.29, 1.82) is 0 Å². The van der Waals surface area contributed by atoms with Gasteiger partial charge in [-0.3, -0.25) is 18.6 Å². The monoisotopic (exact) mass is 739 g/mol. The van der Waals surface area contributed by atoms with E-state index in [0.29, 0.717) is 17.4 Å². The minimum atomic E-state index is -4.38. The number of ether oxygens (including phenoxy) is 2. The van der Waals surface area contributed by atoms with E-state index in [4.69, 9.17) is 18.5 Å². The Bertz CT molecular complexity index is 1060. The summed E-state index contributed by atoms with van der Waals surface area (Å²) in [5, 5.41) is 0. The fourth-order valence-electron chi connectivity index (χ4n) is 4.74. The van der Waals surface area contributed by atoms with Gasteiger partial charge in [-0.25, -0.2) is 4.57 Å². The van der Waals surface area contributed by atoms with Crippen molar-refractivity contribution in [2.24, 2.45) is 0 Å². The Hall–Kier alpha value is -2.29. The lowest BCUT2D eigenvalue weighted by molar-refractivity contribution is -0.870. The van der Waals surface area contributed by atoms with Crippen molar-refractivity contribution in [1.82, 2.24) is 0 Å². The van der Waals surface area contributed by atoms with Gasteiger partial charge in [-0.2, -0.15) is 0 Å². The molecule has 0 amide bonds. The second-order valence-electron chi connectivity index (χ2n) is 13.9. The van der Waals surface area contributed by atoms with Crippen LogP contribution in [0.15, 0.2) is 60.8 Å². The number of quaternary nitrogens is 1. The molecule has 0 aromatic carbocycles. The molecule has 0 aromatic rings. The number of hydrogen-bond acceptors (Lipinski definition) is 7. The van der Waals surface area contributed by atoms with Crippen molar-refractivity contribution in [2.45, 2.75) is 142 Å². The van der Waals surface area contributed by atoms with Crippen LogP contribution in [0.2, 0.25) is 0 Å². The van der Waals surface area contributed by atoms with Crippen LogP contribution in [0.1, 0.15) is 136 Å². The molecule has 9 nitrogen and oxygen atoms in total. The maximum absolute atomic E-state index is 12.6. The molecule has 0 aliphatic carbocycles. The van der Waals surface area contributed by atoms with Crippen LogP contribution in [0.4, 0.5) is 0 Å². The highest BCUT2D eigenvalue weighted by Gasteiger charge is 2.27. The van der Waals surface area contributed by atoms with Gasteiger partial charge in [0.05, 0.1) is 27.7 Å². The van der Waals surface area contributed by atoms with Gasteiger partial charge in [0.15, 0.2) is 6.10 Å². The highest BCUT2D eigenvalue weighted by molar-refractivity contribution is 7.47. The Kier molecular flexibility index (Phi) is 32.0. The van der Waals surface area contributed by atoms with Crippen LogP contribution in [0.5, 0.6) is 0 Å². The molecule has 0 radical (unpaired) electrons. The van der Waals surface area contributed by atoms with Gasteiger partial charge in [0.1, 0.15) is 19.8 Å². The normalized spacial score (nSPS) is 14.4. The number of nitrogens with zero attached hydrogens (tertiary/aromatic N) is 1. The topological polar surface area (TPSA) is 108 Å². The second-order valence-corrected chi connectivity index (χ2v) is 15.4. The first-order chi connectivity index (χ1) is 24.5. The maximum atomic E-state index is 12.6. The molecule has 0 aliphatic rings. The number of phosphoric ester groups is 1. The first kappa shape index (κ1) is 48.7. The van der Waals surface area contributed by atoms with Crippen LogP contribution in [-0.4, -0.2) is 74.9 Å². The Morgan fingerprint density at radius 1 is 0.627 bits per heavy atom. The minimum Gasteiger partial charge on any atom is -0.462 e. The third-order valence-corrected chi connectivity index (χ3v) is 8.80. The molecule has 0 bridgehead atoms. The van der Waals surface area contributed by atoms with Gasteiger partial charge in [-0.15, -0.1) is 0 Å². The lowest BCUT2D eigenvalue weighted by Gasteiger charge is -2.24. The molecule has 0 saturated heterocycles. The zero-order valence-corrected chi connectivity index (χ0v) is 33.7. The van der Waals surface area contributed by atoms with Gasteiger partial charge in [0.25, 0.3) is 0 Å². The van der Waals surface area contributed by atoms with Gasteiger partial charge < -0.3 is 18.9 Å². The molecule has 0 spiro atoms. The van der Waals surface area contributed by atoms with Crippen molar-refractivity contribution in [3.8, 4) is 0 Å². The number of likely N-dealkylation sites (N-methyl/N-ethyl adjacent to an activating group) is 1. The van der Waals surface area contributed by atoms with Crippen molar-refractivity contribution in [3.05, 3.63) is 60.8 Å². The Labute approximate surface area is 311 Å². The predicted octanol–water partition coefficient (Wildman–Crippen LogP) is 10.5. The maximum Gasteiger partial charge on any atom is 0.472 e. The fraction of sp³-hybridized carbons (Fsp3) is 0.707. The number of phosphoric acid groups is 1. The van der Waals surface area contributed by atoms with E-state index in [0.717, 1.165) is 70.6 Å². The molecular weight excluding hydrogens is 665 g/mol. The smallest absolute Gasteiger partial charge is 0.462 e. The fourth-order valence-corrected chi connectivity index (χ4v) is 5.49. The summed E-state index contributed by atoms with van der Waals surface area (Å²) in [5.41, 5.74) is 0. The summed E-state index contributed by atoms with van der Waals surface area (Å²) in [6.45, 7) is 4.20. The number of allylic oxidation sites excluding steroid dienone is 10. The zero-order valence-electron chi connectivity index (χ0n) is 32.8. The number of hydrogen-bond donors (Lipinski definition) is 1. The molecule has 0 heterocycles. The Balaban J connectivity index is 4.46. The Morgan fingerprint density at radius 2 is 1.12 bits per heavy atom. The third kappa shape index (κ3) is 37.3. The van der Waals surface area contributed by atoms with Crippen LogP contribution in [0.25, 0.3) is 0 Å². The number of esters is 2. The summed E-state index contributed by atoms with van der Waals surface area (Å²) in [6.07, 6.45) is 38.5. The summed E-state index contributed by atoms with van der Waals surface area (Å²) >= 11 is 0. The van der Waals surface area contributed by atoms with E-state index in [2.05, 4.69) is 74.6 Å².